The van der Waals surface area contributed by atoms with Gasteiger partial charge in [0.1, 0.15) is 0 Å². The monoisotopic (exact) mass is 394 g/mol. The van der Waals surface area contributed by atoms with Crippen molar-refractivity contribution in [1.29, 1.82) is 0 Å². The standard InChI is InChI=1S/C24H30N2O3/c1-4-29-22(27)24(16-20-12-6-5-7-13-20)14-9-15-26(17-24)23(28)25-21-18(2)10-8-11-19(21)3/h5-8,10-13H,4,9,14-17H2,1-3H3,(H,25,28)/t24-/m0/s1. The fraction of sp³-hybridized carbons (Fsp3) is 0.417. The zero-order valence-corrected chi connectivity index (χ0v) is 17.5. The lowest BCUT2D eigenvalue weighted by Gasteiger charge is -2.41. The lowest BCUT2D eigenvalue weighted by molar-refractivity contribution is -0.158. The number of urea groups is 1. The van der Waals surface area contributed by atoms with E-state index < -0.39 is 5.41 Å². The molecule has 2 amide bonds. The van der Waals surface area contributed by atoms with Crippen LogP contribution in [0, 0.1) is 19.3 Å². The Labute approximate surface area is 173 Å². The molecule has 0 spiro atoms. The molecule has 1 aliphatic heterocycles. The van der Waals surface area contributed by atoms with E-state index >= 15 is 0 Å². The topological polar surface area (TPSA) is 58.6 Å². The predicted octanol–water partition coefficient (Wildman–Crippen LogP) is 4.72. The molecule has 2 aromatic carbocycles. The van der Waals surface area contributed by atoms with E-state index in [1.165, 1.54) is 0 Å². The summed E-state index contributed by atoms with van der Waals surface area (Å²) in [5.74, 6) is -0.214. The minimum absolute atomic E-state index is 0.163. The third-order valence-electron chi connectivity index (χ3n) is 5.67. The van der Waals surface area contributed by atoms with Crippen molar-refractivity contribution in [3.8, 4) is 0 Å². The Morgan fingerprint density at radius 2 is 1.76 bits per heavy atom. The van der Waals surface area contributed by atoms with E-state index in [-0.39, 0.29) is 12.0 Å². The molecule has 0 radical (unpaired) electrons. The summed E-state index contributed by atoms with van der Waals surface area (Å²) in [6, 6.07) is 15.7. The molecule has 2 aromatic rings. The number of para-hydroxylation sites is 1. The molecule has 0 aromatic heterocycles. The average molecular weight is 395 g/mol. The highest BCUT2D eigenvalue weighted by atomic mass is 16.5. The summed E-state index contributed by atoms with van der Waals surface area (Å²) in [6.07, 6.45) is 2.06. The Morgan fingerprint density at radius 3 is 2.41 bits per heavy atom. The van der Waals surface area contributed by atoms with Gasteiger partial charge in [-0.05, 0) is 56.7 Å². The van der Waals surface area contributed by atoms with Gasteiger partial charge < -0.3 is 15.0 Å². The van der Waals surface area contributed by atoms with Crippen LogP contribution >= 0.6 is 0 Å². The van der Waals surface area contributed by atoms with Crippen LogP contribution < -0.4 is 5.32 Å². The molecule has 3 rings (SSSR count). The van der Waals surface area contributed by atoms with Gasteiger partial charge in [-0.2, -0.15) is 0 Å². The number of carbonyl (C=O) groups is 2. The van der Waals surface area contributed by atoms with Crippen molar-refractivity contribution < 1.29 is 14.3 Å². The molecule has 5 nitrogen and oxygen atoms in total. The number of benzene rings is 2. The molecule has 0 bridgehead atoms. The summed E-state index contributed by atoms with van der Waals surface area (Å²) in [6.45, 7) is 7.12. The molecule has 1 heterocycles. The maximum Gasteiger partial charge on any atom is 0.321 e. The van der Waals surface area contributed by atoms with E-state index in [4.69, 9.17) is 4.74 Å². The molecule has 5 heteroatoms. The van der Waals surface area contributed by atoms with E-state index in [9.17, 15) is 9.59 Å². The molecule has 1 N–H and O–H groups in total. The lowest BCUT2D eigenvalue weighted by atomic mass is 9.75. The normalized spacial score (nSPS) is 18.9. The highest BCUT2D eigenvalue weighted by Crippen LogP contribution is 2.36. The van der Waals surface area contributed by atoms with Crippen LogP contribution in [0.2, 0.25) is 0 Å². The molecule has 1 aliphatic rings. The maximum absolute atomic E-state index is 13.1. The first kappa shape index (κ1) is 20.9. The first-order valence-electron chi connectivity index (χ1n) is 10.3. The molecule has 0 aliphatic carbocycles. The SMILES string of the molecule is CCOC(=O)[C@]1(Cc2ccccc2)CCCN(C(=O)Nc2c(C)cccc2C)C1. The number of carbonyl (C=O) groups excluding carboxylic acids is 2. The van der Waals surface area contributed by atoms with Crippen molar-refractivity contribution >= 4 is 17.7 Å². The first-order chi connectivity index (χ1) is 13.9. The lowest BCUT2D eigenvalue weighted by Crippen LogP contribution is -2.52. The Bertz CT molecular complexity index is 845. The smallest absolute Gasteiger partial charge is 0.321 e. The number of amides is 2. The van der Waals surface area contributed by atoms with Gasteiger partial charge in [-0.1, -0.05) is 48.5 Å². The third kappa shape index (κ3) is 4.78. The zero-order valence-electron chi connectivity index (χ0n) is 17.5. The summed E-state index contributed by atoms with van der Waals surface area (Å²) in [7, 11) is 0. The van der Waals surface area contributed by atoms with Crippen LogP contribution in [-0.4, -0.2) is 36.6 Å². The van der Waals surface area contributed by atoms with Gasteiger partial charge in [-0.3, -0.25) is 4.79 Å². The van der Waals surface area contributed by atoms with Gasteiger partial charge in [0.15, 0.2) is 0 Å². The minimum atomic E-state index is -0.715. The van der Waals surface area contributed by atoms with Crippen molar-refractivity contribution in [3.05, 3.63) is 65.2 Å². The zero-order chi connectivity index (χ0) is 20.9. The molecule has 0 unspecified atom stereocenters. The van der Waals surface area contributed by atoms with Crippen LogP contribution in [0.3, 0.4) is 0 Å². The average Bonchev–Trinajstić information content (AvgIpc) is 2.72. The molecule has 29 heavy (non-hydrogen) atoms. The van der Waals surface area contributed by atoms with E-state index in [1.807, 2.05) is 69.3 Å². The predicted molar refractivity (Wildman–Crippen MR) is 115 cm³/mol. The summed E-state index contributed by atoms with van der Waals surface area (Å²) in [5, 5.41) is 3.06. The molecule has 0 saturated carbocycles. The van der Waals surface area contributed by atoms with Crippen LogP contribution in [0.1, 0.15) is 36.5 Å². The number of rotatable bonds is 5. The molecule has 1 fully saturated rings. The van der Waals surface area contributed by atoms with Crippen molar-refractivity contribution in [2.24, 2.45) is 5.41 Å². The fourth-order valence-electron chi connectivity index (χ4n) is 4.16. The number of nitrogens with zero attached hydrogens (tertiary/aromatic N) is 1. The van der Waals surface area contributed by atoms with Gasteiger partial charge in [0.2, 0.25) is 0 Å². The highest BCUT2D eigenvalue weighted by Gasteiger charge is 2.44. The quantitative estimate of drug-likeness (QED) is 0.746. The molecule has 154 valence electrons. The largest absolute Gasteiger partial charge is 0.466 e. The van der Waals surface area contributed by atoms with Crippen LogP contribution in [0.5, 0.6) is 0 Å². The second-order valence-corrected chi connectivity index (χ2v) is 7.89. The summed E-state index contributed by atoms with van der Waals surface area (Å²) in [5.41, 5.74) is 3.26. The van der Waals surface area contributed by atoms with Gasteiger partial charge >= 0.3 is 12.0 Å². The highest BCUT2D eigenvalue weighted by molar-refractivity contribution is 5.91. The summed E-state index contributed by atoms with van der Waals surface area (Å²) in [4.78, 5) is 27.8. The van der Waals surface area contributed by atoms with Gasteiger partial charge in [-0.25, -0.2) is 4.79 Å². The Hall–Kier alpha value is -2.82. The van der Waals surface area contributed by atoms with Crippen molar-refractivity contribution in [1.82, 2.24) is 4.90 Å². The maximum atomic E-state index is 13.1. The number of ether oxygens (including phenoxy) is 1. The Kier molecular flexibility index (Phi) is 6.57. The van der Waals surface area contributed by atoms with Gasteiger partial charge in [0, 0.05) is 18.8 Å². The van der Waals surface area contributed by atoms with E-state index in [0.29, 0.717) is 32.5 Å². The number of nitrogens with one attached hydrogen (secondary N) is 1. The molecule has 1 atom stereocenters. The number of hydrogen-bond donors (Lipinski definition) is 1. The fourth-order valence-corrected chi connectivity index (χ4v) is 4.16. The van der Waals surface area contributed by atoms with Gasteiger partial charge in [0.05, 0.1) is 12.0 Å². The second-order valence-electron chi connectivity index (χ2n) is 7.89. The van der Waals surface area contributed by atoms with Crippen LogP contribution in [-0.2, 0) is 16.0 Å². The van der Waals surface area contributed by atoms with Crippen LogP contribution in [0.15, 0.2) is 48.5 Å². The summed E-state index contributed by atoms with van der Waals surface area (Å²) < 4.78 is 5.44. The third-order valence-corrected chi connectivity index (χ3v) is 5.67. The van der Waals surface area contributed by atoms with Crippen molar-refractivity contribution in [2.45, 2.75) is 40.0 Å². The van der Waals surface area contributed by atoms with E-state index in [1.54, 1.807) is 4.90 Å². The van der Waals surface area contributed by atoms with Gasteiger partial charge in [0.25, 0.3) is 0 Å². The number of hydrogen-bond acceptors (Lipinski definition) is 3. The minimum Gasteiger partial charge on any atom is -0.466 e. The number of piperidine rings is 1. The molecular formula is C24H30N2O3. The summed E-state index contributed by atoms with van der Waals surface area (Å²) >= 11 is 0. The Balaban J connectivity index is 1.82. The molecule has 1 saturated heterocycles. The number of esters is 1. The Morgan fingerprint density at radius 1 is 1.07 bits per heavy atom. The second kappa shape index (κ2) is 9.12. The van der Waals surface area contributed by atoms with Crippen LogP contribution in [0.4, 0.5) is 10.5 Å². The van der Waals surface area contributed by atoms with Crippen molar-refractivity contribution in [2.75, 3.05) is 25.0 Å². The number of likely N-dealkylation sites (tertiary alicyclic amines) is 1. The van der Waals surface area contributed by atoms with E-state index in [0.717, 1.165) is 28.8 Å². The van der Waals surface area contributed by atoms with Gasteiger partial charge in [-0.15, -0.1) is 0 Å². The van der Waals surface area contributed by atoms with E-state index in [2.05, 4.69) is 5.32 Å². The molecular weight excluding hydrogens is 364 g/mol. The first-order valence-corrected chi connectivity index (χ1v) is 10.3. The number of anilines is 1. The van der Waals surface area contributed by atoms with Crippen LogP contribution in [0.25, 0.3) is 0 Å². The number of aryl methyl sites for hydroxylation is 2. The van der Waals surface area contributed by atoms with Crippen molar-refractivity contribution in [3.63, 3.8) is 0 Å².